The number of halogens is 1. The van der Waals surface area contributed by atoms with Gasteiger partial charge in [-0.2, -0.15) is 9.98 Å². The van der Waals surface area contributed by atoms with Crippen molar-refractivity contribution >= 4 is 44.2 Å². The normalized spacial score (nSPS) is 12.7. The molecular formula is C12H12BrN5S. The third-order valence-corrected chi connectivity index (χ3v) is 3.75. The molecule has 0 aliphatic rings. The first kappa shape index (κ1) is 13.7. The number of nitrogens with two attached hydrogens (primary N) is 2. The van der Waals surface area contributed by atoms with Crippen LogP contribution in [-0.2, 0) is 0 Å². The highest BCUT2D eigenvalue weighted by Crippen LogP contribution is 2.18. The van der Waals surface area contributed by atoms with Gasteiger partial charge in [-0.05, 0) is 13.0 Å². The number of rotatable bonds is 2. The summed E-state index contributed by atoms with van der Waals surface area (Å²) in [5.74, 6) is 0.393. The zero-order chi connectivity index (χ0) is 13.8. The minimum absolute atomic E-state index is 0.0857. The Labute approximate surface area is 123 Å². The summed E-state index contributed by atoms with van der Waals surface area (Å²) in [5.41, 5.74) is 13.3. The smallest absolute Gasteiger partial charge is 0.224 e. The van der Waals surface area contributed by atoms with Crippen LogP contribution in [0.1, 0.15) is 11.3 Å². The van der Waals surface area contributed by atoms with Crippen molar-refractivity contribution in [1.82, 2.24) is 4.98 Å². The Morgan fingerprint density at radius 3 is 2.68 bits per heavy atom. The van der Waals surface area contributed by atoms with Crippen LogP contribution in [0.25, 0.3) is 0 Å². The Balaban J connectivity index is 2.26. The minimum Gasteiger partial charge on any atom is -0.383 e. The van der Waals surface area contributed by atoms with Gasteiger partial charge in [0.05, 0.1) is 5.69 Å². The lowest BCUT2D eigenvalue weighted by atomic mass is 10.2. The van der Waals surface area contributed by atoms with E-state index in [0.29, 0.717) is 11.0 Å². The van der Waals surface area contributed by atoms with Gasteiger partial charge in [0.2, 0.25) is 11.1 Å². The van der Waals surface area contributed by atoms with Gasteiger partial charge in [0.15, 0.2) is 0 Å². The van der Waals surface area contributed by atoms with Crippen molar-refractivity contribution in [3.63, 3.8) is 0 Å². The number of amidine groups is 1. The van der Waals surface area contributed by atoms with Crippen LogP contribution in [-0.4, -0.2) is 16.8 Å². The molecule has 0 saturated carbocycles. The zero-order valence-corrected chi connectivity index (χ0v) is 12.6. The number of aryl methyl sites for hydroxylation is 1. The lowest BCUT2D eigenvalue weighted by Gasteiger charge is -2.02. The third-order valence-electron chi connectivity index (χ3n) is 2.20. The molecule has 1 aromatic heterocycles. The fourth-order valence-electron chi connectivity index (χ4n) is 1.37. The van der Waals surface area contributed by atoms with Gasteiger partial charge >= 0.3 is 0 Å². The number of nitrogens with zero attached hydrogens (tertiary/aromatic N) is 3. The molecule has 19 heavy (non-hydrogen) atoms. The van der Waals surface area contributed by atoms with Crippen molar-refractivity contribution in [3.8, 4) is 0 Å². The minimum atomic E-state index is 0.0857. The topological polar surface area (TPSA) is 89.6 Å². The monoisotopic (exact) mass is 337 g/mol. The third kappa shape index (κ3) is 3.62. The van der Waals surface area contributed by atoms with Crippen LogP contribution in [0.5, 0.6) is 0 Å². The maximum absolute atomic E-state index is 5.90. The van der Waals surface area contributed by atoms with E-state index >= 15 is 0 Å². The number of aliphatic imine (C=N–C) groups is 2. The highest BCUT2D eigenvalue weighted by Gasteiger charge is 2.04. The standard InChI is InChI=1S/C12H12BrN5S/c1-7-6-19-12(16-7)18-11(15)17-10(14)8-4-2-3-5-9(8)13/h2-6H,1H3,(H4,14,15,16,17,18). The van der Waals surface area contributed by atoms with E-state index in [1.807, 2.05) is 36.6 Å². The Kier molecular flexibility index (Phi) is 4.28. The van der Waals surface area contributed by atoms with Crippen molar-refractivity contribution in [3.05, 3.63) is 45.4 Å². The van der Waals surface area contributed by atoms with Crippen molar-refractivity contribution in [2.45, 2.75) is 6.92 Å². The number of benzene rings is 1. The van der Waals surface area contributed by atoms with Crippen molar-refractivity contribution in [2.24, 2.45) is 21.5 Å². The fraction of sp³-hybridized carbons (Fsp3) is 0.0833. The Morgan fingerprint density at radius 1 is 1.32 bits per heavy atom. The largest absolute Gasteiger partial charge is 0.383 e. The van der Waals surface area contributed by atoms with E-state index in [2.05, 4.69) is 30.9 Å². The first-order valence-corrected chi connectivity index (χ1v) is 7.09. The van der Waals surface area contributed by atoms with Crippen LogP contribution in [0.3, 0.4) is 0 Å². The summed E-state index contributed by atoms with van der Waals surface area (Å²) in [6.45, 7) is 1.89. The van der Waals surface area contributed by atoms with Gasteiger partial charge in [-0.3, -0.25) is 0 Å². The zero-order valence-electron chi connectivity index (χ0n) is 10.2. The van der Waals surface area contributed by atoms with Crippen LogP contribution in [0.2, 0.25) is 0 Å². The summed E-state index contributed by atoms with van der Waals surface area (Å²) >= 11 is 4.81. The van der Waals surface area contributed by atoms with E-state index in [4.69, 9.17) is 11.5 Å². The quantitative estimate of drug-likeness (QED) is 0.651. The predicted molar refractivity (Wildman–Crippen MR) is 83.0 cm³/mol. The Morgan fingerprint density at radius 2 is 2.05 bits per heavy atom. The van der Waals surface area contributed by atoms with E-state index < -0.39 is 0 Å². The van der Waals surface area contributed by atoms with E-state index in [0.717, 1.165) is 15.7 Å². The summed E-state index contributed by atoms with van der Waals surface area (Å²) in [4.78, 5) is 12.3. The van der Waals surface area contributed by atoms with Crippen LogP contribution in [0.15, 0.2) is 44.1 Å². The van der Waals surface area contributed by atoms with Crippen molar-refractivity contribution in [1.29, 1.82) is 0 Å². The summed E-state index contributed by atoms with van der Waals surface area (Å²) in [5, 5.41) is 2.46. The molecule has 0 saturated heterocycles. The molecule has 2 rings (SSSR count). The van der Waals surface area contributed by atoms with Crippen LogP contribution in [0.4, 0.5) is 5.13 Å². The van der Waals surface area contributed by atoms with Gasteiger partial charge in [-0.15, -0.1) is 11.3 Å². The van der Waals surface area contributed by atoms with Gasteiger partial charge in [0, 0.05) is 15.4 Å². The van der Waals surface area contributed by atoms with E-state index in [-0.39, 0.29) is 5.96 Å². The molecule has 0 fully saturated rings. The van der Waals surface area contributed by atoms with Crippen LogP contribution < -0.4 is 11.5 Å². The molecule has 0 spiro atoms. The number of thiazole rings is 1. The highest BCUT2D eigenvalue weighted by atomic mass is 79.9. The van der Waals surface area contributed by atoms with Gasteiger partial charge in [0.1, 0.15) is 5.84 Å². The maximum Gasteiger partial charge on any atom is 0.224 e. The second kappa shape index (κ2) is 5.94. The van der Waals surface area contributed by atoms with Crippen LogP contribution >= 0.6 is 27.3 Å². The summed E-state index contributed by atoms with van der Waals surface area (Å²) in [6, 6.07) is 7.51. The molecule has 1 aromatic carbocycles. The molecule has 0 bridgehead atoms. The molecular weight excluding hydrogens is 326 g/mol. The SMILES string of the molecule is Cc1csc(N=C(N)N=C(N)c2ccccc2Br)n1. The average Bonchev–Trinajstić information content (AvgIpc) is 2.74. The van der Waals surface area contributed by atoms with Crippen molar-refractivity contribution < 1.29 is 0 Å². The molecule has 7 heteroatoms. The molecule has 5 nitrogen and oxygen atoms in total. The molecule has 0 amide bonds. The number of hydrogen-bond donors (Lipinski definition) is 2. The Hall–Kier alpha value is -1.73. The predicted octanol–water partition coefficient (Wildman–Crippen LogP) is 2.57. The van der Waals surface area contributed by atoms with Gasteiger partial charge in [-0.25, -0.2) is 4.98 Å². The molecule has 2 aromatic rings. The lowest BCUT2D eigenvalue weighted by Crippen LogP contribution is -2.19. The molecule has 1 heterocycles. The summed E-state index contributed by atoms with van der Waals surface area (Å²) in [6.07, 6.45) is 0. The number of hydrogen-bond acceptors (Lipinski definition) is 3. The molecule has 0 aliphatic carbocycles. The lowest BCUT2D eigenvalue weighted by molar-refractivity contribution is 1.23. The van der Waals surface area contributed by atoms with Gasteiger partial charge < -0.3 is 11.5 Å². The van der Waals surface area contributed by atoms with Gasteiger partial charge in [-0.1, -0.05) is 34.1 Å². The van der Waals surface area contributed by atoms with Crippen molar-refractivity contribution in [2.75, 3.05) is 0 Å². The molecule has 0 atom stereocenters. The molecule has 4 N–H and O–H groups in total. The summed E-state index contributed by atoms with van der Waals surface area (Å²) < 4.78 is 0.856. The highest BCUT2D eigenvalue weighted by molar-refractivity contribution is 9.10. The molecule has 98 valence electrons. The average molecular weight is 338 g/mol. The second-order valence-electron chi connectivity index (χ2n) is 3.72. The first-order valence-electron chi connectivity index (χ1n) is 5.41. The van der Waals surface area contributed by atoms with Crippen LogP contribution in [0, 0.1) is 6.92 Å². The molecule has 0 radical (unpaired) electrons. The first-order chi connectivity index (χ1) is 9.06. The summed E-state index contributed by atoms with van der Waals surface area (Å²) in [7, 11) is 0. The Bertz CT molecular complexity index is 647. The second-order valence-corrected chi connectivity index (χ2v) is 5.41. The van der Waals surface area contributed by atoms with E-state index in [9.17, 15) is 0 Å². The van der Waals surface area contributed by atoms with E-state index in [1.54, 1.807) is 0 Å². The van der Waals surface area contributed by atoms with E-state index in [1.165, 1.54) is 11.3 Å². The fourth-order valence-corrected chi connectivity index (χ4v) is 2.53. The number of guanidine groups is 1. The maximum atomic E-state index is 5.90. The molecule has 0 aliphatic heterocycles. The molecule has 0 unspecified atom stereocenters. The van der Waals surface area contributed by atoms with Gasteiger partial charge in [0.25, 0.3) is 0 Å². The number of aromatic nitrogens is 1.